The van der Waals surface area contributed by atoms with E-state index in [-0.39, 0.29) is 17.3 Å². The van der Waals surface area contributed by atoms with Crippen LogP contribution in [0.15, 0.2) is 71.7 Å². The lowest BCUT2D eigenvalue weighted by atomic mass is 10.2. The van der Waals surface area contributed by atoms with Crippen molar-refractivity contribution >= 4 is 5.91 Å². The van der Waals surface area contributed by atoms with Gasteiger partial charge in [-0.05, 0) is 48.0 Å². The van der Waals surface area contributed by atoms with Crippen LogP contribution in [0.1, 0.15) is 15.9 Å². The van der Waals surface area contributed by atoms with E-state index in [1.165, 1.54) is 30.5 Å². The molecular formula is C19H15FN2O3. The fourth-order valence-corrected chi connectivity index (χ4v) is 2.18. The Morgan fingerprint density at radius 3 is 2.28 bits per heavy atom. The summed E-state index contributed by atoms with van der Waals surface area (Å²) in [5.74, 6) is 0.504. The maximum atomic E-state index is 12.9. The minimum atomic E-state index is -0.324. The molecule has 0 radical (unpaired) electrons. The molecule has 5 nitrogen and oxygen atoms in total. The summed E-state index contributed by atoms with van der Waals surface area (Å²) in [7, 11) is 0. The molecule has 25 heavy (non-hydrogen) atoms. The molecule has 0 saturated heterocycles. The molecule has 0 aliphatic rings. The van der Waals surface area contributed by atoms with E-state index in [0.29, 0.717) is 23.6 Å². The molecule has 126 valence electrons. The van der Waals surface area contributed by atoms with Crippen molar-refractivity contribution in [1.29, 1.82) is 0 Å². The van der Waals surface area contributed by atoms with Gasteiger partial charge in [0.2, 0.25) is 5.56 Å². The number of aromatic amines is 1. The van der Waals surface area contributed by atoms with Crippen molar-refractivity contribution in [3.8, 4) is 11.5 Å². The SMILES string of the molecule is O=C(NCc1ccc(Oc2ccc(F)cc2)cc1)c1cc[nH]c(=O)c1. The van der Waals surface area contributed by atoms with Gasteiger partial charge in [-0.2, -0.15) is 0 Å². The van der Waals surface area contributed by atoms with Crippen molar-refractivity contribution in [3.63, 3.8) is 0 Å². The lowest BCUT2D eigenvalue weighted by molar-refractivity contribution is 0.0950. The van der Waals surface area contributed by atoms with Gasteiger partial charge in [-0.1, -0.05) is 12.1 Å². The molecule has 0 spiro atoms. The number of benzene rings is 2. The van der Waals surface area contributed by atoms with Gasteiger partial charge in [0.1, 0.15) is 17.3 Å². The molecule has 2 N–H and O–H groups in total. The standard InChI is InChI=1S/C19H15FN2O3/c20-15-3-7-17(8-4-15)25-16-5-1-13(2-6-16)12-22-19(24)14-9-10-21-18(23)11-14/h1-11H,12H2,(H,21,23)(H,22,24). The molecule has 6 heteroatoms. The molecule has 0 saturated carbocycles. The van der Waals surface area contributed by atoms with Crippen LogP contribution >= 0.6 is 0 Å². The zero-order valence-electron chi connectivity index (χ0n) is 13.2. The molecule has 1 amide bonds. The summed E-state index contributed by atoms with van der Waals surface area (Å²) in [6.07, 6.45) is 1.43. The molecule has 0 aliphatic carbocycles. The van der Waals surface area contributed by atoms with Gasteiger partial charge in [0.05, 0.1) is 0 Å². The first-order valence-electron chi connectivity index (χ1n) is 7.59. The maximum absolute atomic E-state index is 12.9. The van der Waals surface area contributed by atoms with Crippen LogP contribution in [0.5, 0.6) is 11.5 Å². The number of amides is 1. The first-order valence-corrected chi connectivity index (χ1v) is 7.59. The summed E-state index contributed by atoms with van der Waals surface area (Å²) < 4.78 is 18.5. The lowest BCUT2D eigenvalue weighted by Crippen LogP contribution is -2.24. The third kappa shape index (κ3) is 4.54. The average Bonchev–Trinajstić information content (AvgIpc) is 2.63. The molecule has 0 atom stereocenters. The summed E-state index contributed by atoms with van der Waals surface area (Å²) >= 11 is 0. The zero-order valence-corrected chi connectivity index (χ0v) is 13.2. The van der Waals surface area contributed by atoms with Gasteiger partial charge in [0.25, 0.3) is 5.91 Å². The fraction of sp³-hybridized carbons (Fsp3) is 0.0526. The molecular weight excluding hydrogens is 323 g/mol. The Hall–Kier alpha value is -3.41. The van der Waals surface area contributed by atoms with Crippen LogP contribution in [0.2, 0.25) is 0 Å². The second-order valence-electron chi connectivity index (χ2n) is 5.32. The van der Waals surface area contributed by atoms with Crippen LogP contribution in [0.25, 0.3) is 0 Å². The van der Waals surface area contributed by atoms with Crippen LogP contribution in [-0.2, 0) is 6.54 Å². The van der Waals surface area contributed by atoms with Gasteiger partial charge in [-0.15, -0.1) is 0 Å². The first-order chi connectivity index (χ1) is 12.1. The van der Waals surface area contributed by atoms with Gasteiger partial charge in [0.15, 0.2) is 0 Å². The van der Waals surface area contributed by atoms with E-state index < -0.39 is 0 Å². The Bertz CT molecular complexity index is 918. The van der Waals surface area contributed by atoms with E-state index in [0.717, 1.165) is 5.56 Å². The van der Waals surface area contributed by atoms with Gasteiger partial charge < -0.3 is 15.0 Å². The van der Waals surface area contributed by atoms with Crippen LogP contribution in [0.3, 0.4) is 0 Å². The average molecular weight is 338 g/mol. The zero-order chi connectivity index (χ0) is 17.6. The molecule has 0 fully saturated rings. The number of carbonyl (C=O) groups excluding carboxylic acids is 1. The Balaban J connectivity index is 1.58. The largest absolute Gasteiger partial charge is 0.457 e. The highest BCUT2D eigenvalue weighted by Gasteiger charge is 2.06. The molecule has 0 unspecified atom stereocenters. The molecule has 0 bridgehead atoms. The monoisotopic (exact) mass is 338 g/mol. The fourth-order valence-electron chi connectivity index (χ4n) is 2.18. The Morgan fingerprint density at radius 1 is 1.00 bits per heavy atom. The second kappa shape index (κ2) is 7.44. The number of carbonyl (C=O) groups is 1. The Morgan fingerprint density at radius 2 is 1.64 bits per heavy atom. The number of nitrogens with one attached hydrogen (secondary N) is 2. The summed E-state index contributed by atoms with van der Waals surface area (Å²) in [5, 5.41) is 2.74. The first kappa shape index (κ1) is 16.4. The van der Waals surface area contributed by atoms with Gasteiger partial charge >= 0.3 is 0 Å². The van der Waals surface area contributed by atoms with E-state index in [1.807, 2.05) is 12.1 Å². The molecule has 3 aromatic rings. The third-order valence-electron chi connectivity index (χ3n) is 3.46. The lowest BCUT2D eigenvalue weighted by Gasteiger charge is -2.08. The minimum absolute atomic E-state index is 0.306. The molecule has 1 aromatic heterocycles. The Labute approximate surface area is 143 Å². The van der Waals surface area contributed by atoms with Crippen molar-refractivity contribution in [3.05, 3.63) is 94.2 Å². The molecule has 0 aliphatic heterocycles. The third-order valence-corrected chi connectivity index (χ3v) is 3.46. The summed E-state index contributed by atoms with van der Waals surface area (Å²) in [6, 6.07) is 15.7. The molecule has 1 heterocycles. The number of aromatic nitrogens is 1. The smallest absolute Gasteiger partial charge is 0.251 e. The van der Waals surface area contributed by atoms with Crippen molar-refractivity contribution in [1.82, 2.24) is 10.3 Å². The van der Waals surface area contributed by atoms with E-state index in [4.69, 9.17) is 4.74 Å². The van der Waals surface area contributed by atoms with Gasteiger partial charge in [-0.3, -0.25) is 9.59 Å². The van der Waals surface area contributed by atoms with Crippen molar-refractivity contribution in [2.75, 3.05) is 0 Å². The predicted octanol–water partition coefficient (Wildman–Crippen LogP) is 3.24. The van der Waals surface area contributed by atoms with E-state index in [2.05, 4.69) is 10.3 Å². The predicted molar refractivity (Wildman–Crippen MR) is 91.1 cm³/mol. The second-order valence-corrected chi connectivity index (χ2v) is 5.32. The summed E-state index contributed by atoms with van der Waals surface area (Å²) in [6.45, 7) is 0.322. The van der Waals surface area contributed by atoms with Gasteiger partial charge in [0, 0.05) is 24.4 Å². The van der Waals surface area contributed by atoms with Crippen molar-refractivity contribution in [2.24, 2.45) is 0 Å². The number of hydrogen-bond donors (Lipinski definition) is 2. The highest BCUT2D eigenvalue weighted by Crippen LogP contribution is 2.21. The quantitative estimate of drug-likeness (QED) is 0.750. The number of hydrogen-bond acceptors (Lipinski definition) is 3. The topological polar surface area (TPSA) is 71.2 Å². The van der Waals surface area contributed by atoms with Gasteiger partial charge in [-0.25, -0.2) is 4.39 Å². The molecule has 2 aromatic carbocycles. The van der Waals surface area contributed by atoms with Crippen molar-refractivity contribution < 1.29 is 13.9 Å². The number of rotatable bonds is 5. The van der Waals surface area contributed by atoms with Crippen LogP contribution in [0, 0.1) is 5.82 Å². The van der Waals surface area contributed by atoms with E-state index in [1.54, 1.807) is 24.3 Å². The highest BCUT2D eigenvalue weighted by molar-refractivity contribution is 5.93. The summed E-state index contributed by atoms with van der Waals surface area (Å²) in [4.78, 5) is 25.7. The maximum Gasteiger partial charge on any atom is 0.251 e. The van der Waals surface area contributed by atoms with Crippen molar-refractivity contribution in [2.45, 2.75) is 6.54 Å². The van der Waals surface area contributed by atoms with E-state index in [9.17, 15) is 14.0 Å². The number of ether oxygens (including phenoxy) is 1. The highest BCUT2D eigenvalue weighted by atomic mass is 19.1. The minimum Gasteiger partial charge on any atom is -0.457 e. The summed E-state index contributed by atoms with van der Waals surface area (Å²) in [5.41, 5.74) is 0.861. The number of pyridine rings is 1. The molecule has 3 rings (SSSR count). The van der Waals surface area contributed by atoms with Crippen LogP contribution < -0.4 is 15.6 Å². The van der Waals surface area contributed by atoms with Crippen LogP contribution in [-0.4, -0.2) is 10.9 Å². The number of halogens is 1. The normalized spacial score (nSPS) is 10.3. The van der Waals surface area contributed by atoms with Crippen LogP contribution in [0.4, 0.5) is 4.39 Å². The number of H-pyrrole nitrogens is 1. The van der Waals surface area contributed by atoms with E-state index >= 15 is 0 Å². The Kier molecular flexibility index (Phi) is 4.89.